The van der Waals surface area contributed by atoms with Gasteiger partial charge in [-0.2, -0.15) is 9.97 Å². The number of nitrogens with one attached hydrogen (secondary N) is 2. The molecule has 1 aromatic carbocycles. The number of unbranched alkanes of at least 4 members (excludes halogenated alkanes) is 2. The zero-order chi connectivity index (χ0) is 58.0. The van der Waals surface area contributed by atoms with Crippen molar-refractivity contribution in [2.75, 3.05) is 90.0 Å². The van der Waals surface area contributed by atoms with Crippen molar-refractivity contribution in [3.8, 4) is 0 Å². The van der Waals surface area contributed by atoms with Gasteiger partial charge in [-0.1, -0.05) is 37.1 Å². The van der Waals surface area contributed by atoms with Gasteiger partial charge in [0.2, 0.25) is 5.95 Å². The molecule has 436 valence electrons. The summed E-state index contributed by atoms with van der Waals surface area (Å²) in [5.74, 6) is -10.00. The third kappa shape index (κ3) is 24.8. The molecule has 1 aromatic heterocycles. The molecule has 2 aliphatic heterocycles. The van der Waals surface area contributed by atoms with E-state index in [1.807, 2.05) is 29.6 Å². The lowest BCUT2D eigenvalue weighted by Crippen LogP contribution is -2.53. The molecule has 4 rings (SSSR count). The topological polar surface area (TPSA) is 411 Å². The fourth-order valence-electron chi connectivity index (χ4n) is 9.47. The number of ketones is 1. The number of anilines is 1. The van der Waals surface area contributed by atoms with Crippen LogP contribution in [0.3, 0.4) is 0 Å². The first-order chi connectivity index (χ1) is 37.5. The SMILES string of the molecule is O=C(O)CC[C@H](NC(=O)N[C@@H](CCC(=O)C[C@@H](CCCCCc1nc(Cc2ccc(CC3CN(CC(=O)O)CCN(CC(=O)O)CCN(CC(=O)O)CCN3CC(=O)O)cc2)nc(N2CCCCC2)n1)C(=O)O)C(=O)O)C(=O)O. The van der Waals surface area contributed by atoms with Crippen molar-refractivity contribution < 1.29 is 88.8 Å². The lowest BCUT2D eigenvalue weighted by molar-refractivity contribution is -0.144. The third-order valence-corrected chi connectivity index (χ3v) is 13.6. The number of aryl methyl sites for hydroxylation is 1. The molecule has 0 bridgehead atoms. The highest BCUT2D eigenvalue weighted by molar-refractivity contribution is 5.87. The maximum Gasteiger partial charge on any atom is 0.326 e. The van der Waals surface area contributed by atoms with Crippen LogP contribution in [0.5, 0.6) is 0 Å². The number of carbonyl (C=O) groups excluding carboxylic acids is 2. The van der Waals surface area contributed by atoms with Gasteiger partial charge in [-0.3, -0.25) is 53.2 Å². The minimum atomic E-state index is -1.63. The average Bonchev–Trinajstić information content (AvgIpc) is 3.37. The quantitative estimate of drug-likeness (QED) is 0.0447. The number of aliphatic carboxylic acids is 8. The molecule has 10 N–H and O–H groups in total. The number of aromatic nitrogens is 3. The molecular weight excluding hydrogens is 1040 g/mol. The number of hydrogen-bond acceptors (Lipinski definition) is 18. The highest BCUT2D eigenvalue weighted by Gasteiger charge is 2.30. The van der Waals surface area contributed by atoms with E-state index >= 15 is 0 Å². The van der Waals surface area contributed by atoms with Crippen LogP contribution in [0.15, 0.2) is 24.3 Å². The van der Waals surface area contributed by atoms with Crippen LogP contribution in [0.1, 0.15) is 99.8 Å². The Hall–Kier alpha value is -7.43. The standard InChI is InChI=1S/C51H74N10O18/c62-37(13-14-38(48(75)76)52-51(79)53-39(49(77)78)15-16-42(63)64)27-35(47(73)74)7-3-1-4-8-40-54-41(56-50(55-40)60-17-5-2-6-18-60)26-34-11-9-33(10-12-34)25-36-28-59(31-45(69)70)22-21-57(29-43(65)66)19-20-58(30-44(67)68)23-24-61(36)32-46(71)72/h9-12,35-36,38-39H,1-8,13-32H2,(H,63,64)(H,65,66)(H,67,68)(H,69,70)(H,71,72)(H,73,74)(H,75,76)(H,77,78)(H2,52,53,79)/t35-,36?,38+,39+/m1/s1. The van der Waals surface area contributed by atoms with Crippen molar-refractivity contribution in [3.63, 3.8) is 0 Å². The van der Waals surface area contributed by atoms with E-state index in [1.165, 1.54) is 0 Å². The van der Waals surface area contributed by atoms with Crippen LogP contribution in [-0.4, -0.2) is 238 Å². The summed E-state index contributed by atoms with van der Waals surface area (Å²) in [6.45, 7) is 1.21. The molecule has 28 heteroatoms. The van der Waals surface area contributed by atoms with E-state index in [2.05, 4.69) is 10.2 Å². The second-order valence-electron chi connectivity index (χ2n) is 19.9. The molecule has 2 aliphatic rings. The molecule has 2 aromatic rings. The second-order valence-corrected chi connectivity index (χ2v) is 19.9. The van der Waals surface area contributed by atoms with E-state index in [0.717, 1.165) is 43.5 Å². The molecule has 2 saturated heterocycles. The number of Topliss-reactive ketones (excluding diaryl/α,β-unsaturated/α-hetero) is 1. The van der Waals surface area contributed by atoms with Crippen molar-refractivity contribution in [2.45, 2.75) is 114 Å². The highest BCUT2D eigenvalue weighted by atomic mass is 16.4. The Morgan fingerprint density at radius 1 is 0.519 bits per heavy atom. The first-order valence-corrected chi connectivity index (χ1v) is 26.4. The Morgan fingerprint density at radius 2 is 1.04 bits per heavy atom. The minimum Gasteiger partial charge on any atom is -0.481 e. The summed E-state index contributed by atoms with van der Waals surface area (Å²) in [5.41, 5.74) is 1.67. The van der Waals surface area contributed by atoms with E-state index < -0.39 is 116 Å². The van der Waals surface area contributed by atoms with E-state index in [0.29, 0.717) is 56.1 Å². The lowest BCUT2D eigenvalue weighted by atomic mass is 9.93. The fraction of sp³-hybridized carbons (Fsp3) is 0.627. The van der Waals surface area contributed by atoms with E-state index in [4.69, 9.17) is 20.1 Å². The van der Waals surface area contributed by atoms with Gasteiger partial charge in [0, 0.05) is 97.0 Å². The van der Waals surface area contributed by atoms with Gasteiger partial charge in [0.25, 0.3) is 0 Å². The number of rotatable bonds is 32. The van der Waals surface area contributed by atoms with Crippen LogP contribution in [0.2, 0.25) is 0 Å². The maximum atomic E-state index is 12.9. The summed E-state index contributed by atoms with van der Waals surface area (Å²) < 4.78 is 0. The van der Waals surface area contributed by atoms with Crippen LogP contribution in [0, 0.1) is 5.92 Å². The number of nitrogens with zero attached hydrogens (tertiary/aromatic N) is 8. The molecule has 2 fully saturated rings. The number of benzene rings is 1. The number of carboxylic acids is 8. The number of urea groups is 1. The first kappa shape index (κ1) is 64.1. The van der Waals surface area contributed by atoms with Gasteiger partial charge < -0.3 is 56.4 Å². The Balaban J connectivity index is 1.41. The molecule has 3 heterocycles. The third-order valence-electron chi connectivity index (χ3n) is 13.6. The highest BCUT2D eigenvalue weighted by Crippen LogP contribution is 2.21. The maximum absolute atomic E-state index is 12.9. The zero-order valence-electron chi connectivity index (χ0n) is 44.2. The van der Waals surface area contributed by atoms with Gasteiger partial charge in [-0.05, 0) is 62.5 Å². The Kier molecular flexibility index (Phi) is 26.9. The zero-order valence-corrected chi connectivity index (χ0v) is 44.2. The molecule has 28 nitrogen and oxygen atoms in total. The summed E-state index contributed by atoms with van der Waals surface area (Å²) in [7, 11) is 0. The minimum absolute atomic E-state index is 0.121. The Morgan fingerprint density at radius 3 is 1.58 bits per heavy atom. The van der Waals surface area contributed by atoms with Crippen LogP contribution in [0.25, 0.3) is 0 Å². The summed E-state index contributed by atoms with van der Waals surface area (Å²) >= 11 is 0. The van der Waals surface area contributed by atoms with Crippen molar-refractivity contribution in [1.82, 2.24) is 45.2 Å². The van der Waals surface area contributed by atoms with Gasteiger partial charge >= 0.3 is 53.8 Å². The monoisotopic (exact) mass is 1110 g/mol. The van der Waals surface area contributed by atoms with Crippen molar-refractivity contribution in [3.05, 3.63) is 47.0 Å². The van der Waals surface area contributed by atoms with E-state index in [9.17, 15) is 83.7 Å². The fourth-order valence-corrected chi connectivity index (χ4v) is 9.47. The lowest BCUT2D eigenvalue weighted by Gasteiger charge is -2.37. The second kappa shape index (κ2) is 33.1. The Labute approximate surface area is 455 Å². The molecule has 0 aliphatic carbocycles. The van der Waals surface area contributed by atoms with Crippen LogP contribution < -0.4 is 15.5 Å². The van der Waals surface area contributed by atoms with Gasteiger partial charge in [0.1, 0.15) is 29.5 Å². The van der Waals surface area contributed by atoms with Crippen LogP contribution >= 0.6 is 0 Å². The van der Waals surface area contributed by atoms with E-state index in [1.54, 1.807) is 19.6 Å². The number of piperidine rings is 1. The van der Waals surface area contributed by atoms with Crippen molar-refractivity contribution in [2.24, 2.45) is 5.92 Å². The predicted molar refractivity (Wildman–Crippen MR) is 278 cm³/mol. The van der Waals surface area contributed by atoms with Gasteiger partial charge in [-0.15, -0.1) is 0 Å². The average molecular weight is 1120 g/mol. The summed E-state index contributed by atoms with van der Waals surface area (Å²) in [5, 5.41) is 80.8. The molecule has 0 saturated carbocycles. The van der Waals surface area contributed by atoms with E-state index in [-0.39, 0.29) is 78.3 Å². The number of amides is 2. The molecule has 2 amide bonds. The van der Waals surface area contributed by atoms with Gasteiger partial charge in [-0.25, -0.2) is 19.4 Å². The Bertz CT molecular complexity index is 2410. The molecule has 4 atom stereocenters. The summed E-state index contributed by atoms with van der Waals surface area (Å²) in [6.07, 6.45) is 3.56. The largest absolute Gasteiger partial charge is 0.481 e. The molecule has 79 heavy (non-hydrogen) atoms. The normalized spacial score (nSPS) is 17.5. The van der Waals surface area contributed by atoms with Gasteiger partial charge in [0.15, 0.2) is 0 Å². The summed E-state index contributed by atoms with van der Waals surface area (Å²) in [6, 6.07) is 2.61. The van der Waals surface area contributed by atoms with Crippen LogP contribution in [-0.2, 0) is 62.4 Å². The number of hydrogen-bond donors (Lipinski definition) is 10. The smallest absolute Gasteiger partial charge is 0.326 e. The van der Waals surface area contributed by atoms with Crippen molar-refractivity contribution >= 4 is 65.5 Å². The van der Waals surface area contributed by atoms with Crippen molar-refractivity contribution in [1.29, 1.82) is 0 Å². The number of carboxylic acid groups (broad SMARTS) is 8. The first-order valence-electron chi connectivity index (χ1n) is 26.4. The predicted octanol–water partition coefficient (Wildman–Crippen LogP) is 0.537. The van der Waals surface area contributed by atoms with Crippen LogP contribution in [0.4, 0.5) is 10.7 Å². The molecule has 0 radical (unpaired) electrons. The van der Waals surface area contributed by atoms with Gasteiger partial charge in [0.05, 0.1) is 32.1 Å². The molecule has 0 spiro atoms. The molecular formula is C51H74N10O18. The molecule has 1 unspecified atom stereocenters. The summed E-state index contributed by atoms with van der Waals surface area (Å²) in [4.78, 5) is 143. The number of carbonyl (C=O) groups is 10.